The van der Waals surface area contributed by atoms with Crippen molar-refractivity contribution in [3.05, 3.63) is 82.9 Å². The fourth-order valence-corrected chi connectivity index (χ4v) is 6.07. The van der Waals surface area contributed by atoms with Crippen LogP contribution in [0, 0.1) is 13.8 Å². The molecule has 0 radical (unpaired) electrons. The van der Waals surface area contributed by atoms with Gasteiger partial charge in [0, 0.05) is 23.6 Å². The smallest absolute Gasteiger partial charge is 0.339 e. The highest BCUT2D eigenvalue weighted by molar-refractivity contribution is 7.80. The zero-order chi connectivity index (χ0) is 23.8. The largest absolute Gasteiger partial charge is 0.465 e. The number of carbonyl (C=O) groups is 1. The van der Waals surface area contributed by atoms with Crippen LogP contribution in [-0.2, 0) is 4.74 Å². The van der Waals surface area contributed by atoms with Crippen molar-refractivity contribution in [2.75, 3.05) is 7.11 Å². The van der Waals surface area contributed by atoms with Crippen molar-refractivity contribution >= 4 is 23.3 Å². The molecule has 34 heavy (non-hydrogen) atoms. The summed E-state index contributed by atoms with van der Waals surface area (Å²) in [5, 5.41) is 4.39. The molecule has 6 nitrogen and oxygen atoms in total. The lowest BCUT2D eigenvalue weighted by Gasteiger charge is -2.33. The van der Waals surface area contributed by atoms with Crippen LogP contribution in [-0.4, -0.2) is 38.7 Å². The lowest BCUT2D eigenvalue weighted by molar-refractivity contribution is 0.0600. The maximum absolute atomic E-state index is 12.5. The van der Waals surface area contributed by atoms with E-state index in [4.69, 9.17) is 17.0 Å². The van der Waals surface area contributed by atoms with Crippen molar-refractivity contribution in [3.63, 3.8) is 0 Å². The summed E-state index contributed by atoms with van der Waals surface area (Å²) in [5.41, 5.74) is 5.71. The molecule has 2 fully saturated rings. The number of ether oxygens (including phenoxy) is 1. The second kappa shape index (κ2) is 9.22. The summed E-state index contributed by atoms with van der Waals surface area (Å²) in [5.74, 6) is -0.340. The summed E-state index contributed by atoms with van der Waals surface area (Å²) in [6.07, 6.45) is 6.60. The summed E-state index contributed by atoms with van der Waals surface area (Å²) in [4.78, 5) is 19.6. The van der Waals surface area contributed by atoms with E-state index < -0.39 is 0 Å². The van der Waals surface area contributed by atoms with Crippen molar-refractivity contribution in [3.8, 4) is 5.69 Å². The first-order valence-corrected chi connectivity index (χ1v) is 12.3. The molecule has 1 aliphatic carbocycles. The van der Waals surface area contributed by atoms with Gasteiger partial charge in [0.1, 0.15) is 0 Å². The molecule has 2 unspecified atom stereocenters. The highest BCUT2D eigenvalue weighted by atomic mass is 32.1. The van der Waals surface area contributed by atoms with Gasteiger partial charge in [0.2, 0.25) is 0 Å². The van der Waals surface area contributed by atoms with Crippen LogP contribution in [0.15, 0.2) is 54.7 Å². The number of esters is 1. The average Bonchev–Trinajstić information content (AvgIpc) is 3.57. The molecule has 0 bridgehead atoms. The van der Waals surface area contributed by atoms with E-state index in [0.717, 1.165) is 40.7 Å². The normalized spacial score (nSPS) is 20.6. The molecule has 0 amide bonds. The Morgan fingerprint density at radius 1 is 1.12 bits per heavy atom. The number of methoxy groups -OCH3 is 1. The number of aryl methyl sites for hydroxylation is 1. The van der Waals surface area contributed by atoms with Crippen molar-refractivity contribution < 1.29 is 9.53 Å². The van der Waals surface area contributed by atoms with Gasteiger partial charge in [0.25, 0.3) is 0 Å². The van der Waals surface area contributed by atoms with Crippen molar-refractivity contribution in [2.24, 2.45) is 0 Å². The predicted molar refractivity (Wildman–Crippen MR) is 136 cm³/mol. The minimum absolute atomic E-state index is 0.0238. The quantitative estimate of drug-likeness (QED) is 0.406. The van der Waals surface area contributed by atoms with Gasteiger partial charge in [-0.25, -0.2) is 4.79 Å². The highest BCUT2D eigenvalue weighted by Crippen LogP contribution is 2.44. The van der Waals surface area contributed by atoms with Crippen LogP contribution in [0.25, 0.3) is 5.69 Å². The van der Waals surface area contributed by atoms with E-state index in [-0.39, 0.29) is 18.1 Å². The Morgan fingerprint density at radius 3 is 2.56 bits per heavy atom. The van der Waals surface area contributed by atoms with E-state index in [1.54, 1.807) is 0 Å². The molecule has 3 aromatic rings. The topological polar surface area (TPSA) is 59.4 Å². The molecule has 3 heterocycles. The lowest BCUT2D eigenvalue weighted by Crippen LogP contribution is -2.37. The summed E-state index contributed by atoms with van der Waals surface area (Å²) in [6.45, 7) is 4.21. The number of hydrogen-bond donors (Lipinski definition) is 1. The molecule has 5 rings (SSSR count). The zero-order valence-electron chi connectivity index (χ0n) is 19.8. The lowest BCUT2D eigenvalue weighted by atomic mass is 9.95. The van der Waals surface area contributed by atoms with Crippen LogP contribution >= 0.6 is 12.2 Å². The van der Waals surface area contributed by atoms with Crippen LogP contribution in [0.4, 0.5) is 0 Å². The van der Waals surface area contributed by atoms with Crippen LogP contribution < -0.4 is 5.32 Å². The number of aromatic nitrogens is 2. The summed E-state index contributed by atoms with van der Waals surface area (Å²) in [6, 6.07) is 16.3. The van der Waals surface area contributed by atoms with Crippen LogP contribution in [0.5, 0.6) is 0 Å². The molecular formula is C27H30N4O2S. The van der Waals surface area contributed by atoms with Gasteiger partial charge in [-0.2, -0.15) is 0 Å². The number of benzene rings is 1. The number of nitrogens with one attached hydrogen (secondary N) is 1. The first-order chi connectivity index (χ1) is 16.5. The number of carbonyl (C=O) groups excluding carboxylic acids is 1. The van der Waals surface area contributed by atoms with Gasteiger partial charge >= 0.3 is 5.97 Å². The molecule has 0 spiro atoms. The van der Waals surface area contributed by atoms with Crippen molar-refractivity contribution in [1.82, 2.24) is 19.8 Å². The fraction of sp³-hybridized carbons (Fsp3) is 0.370. The Labute approximate surface area is 205 Å². The number of para-hydroxylation sites is 1. The number of hydrogen-bond acceptors (Lipinski definition) is 4. The summed E-state index contributed by atoms with van der Waals surface area (Å²) < 4.78 is 7.22. The third-order valence-electron chi connectivity index (χ3n) is 7.19. The highest BCUT2D eigenvalue weighted by Gasteiger charge is 2.44. The molecule has 2 aromatic heterocycles. The number of nitrogens with zero attached hydrogens (tertiary/aromatic N) is 3. The van der Waals surface area contributed by atoms with E-state index >= 15 is 0 Å². The SMILES string of the molecule is COC(=O)c1ccccc1-n1c(C)cc(C2C(c3ccccn3)NC(=S)N2C2CCCC2)c1C. The molecule has 1 N–H and O–H groups in total. The Kier molecular flexibility index (Phi) is 6.13. The number of pyridine rings is 1. The third kappa shape index (κ3) is 3.78. The first-order valence-electron chi connectivity index (χ1n) is 11.9. The molecule has 1 aromatic carbocycles. The molecule has 2 atom stereocenters. The van der Waals surface area contributed by atoms with Gasteiger partial charge in [0.05, 0.1) is 36.1 Å². The number of rotatable bonds is 5. The van der Waals surface area contributed by atoms with Gasteiger partial charge < -0.3 is 19.5 Å². The summed E-state index contributed by atoms with van der Waals surface area (Å²) >= 11 is 5.90. The molecule has 1 aliphatic heterocycles. The molecule has 1 saturated carbocycles. The van der Waals surface area contributed by atoms with E-state index in [2.05, 4.69) is 45.7 Å². The predicted octanol–water partition coefficient (Wildman–Crippen LogP) is 5.19. The van der Waals surface area contributed by atoms with Gasteiger partial charge in [-0.1, -0.05) is 31.0 Å². The van der Waals surface area contributed by atoms with Crippen LogP contribution in [0.2, 0.25) is 0 Å². The second-order valence-electron chi connectivity index (χ2n) is 9.14. The molecule has 2 aliphatic rings. The Morgan fingerprint density at radius 2 is 1.85 bits per heavy atom. The van der Waals surface area contributed by atoms with E-state index in [9.17, 15) is 4.79 Å². The van der Waals surface area contributed by atoms with Gasteiger partial charge in [-0.15, -0.1) is 0 Å². The Balaban J connectivity index is 1.65. The minimum atomic E-state index is -0.340. The first kappa shape index (κ1) is 22.6. The van der Waals surface area contributed by atoms with E-state index in [0.29, 0.717) is 11.6 Å². The van der Waals surface area contributed by atoms with Crippen LogP contribution in [0.1, 0.15) is 70.8 Å². The third-order valence-corrected chi connectivity index (χ3v) is 7.52. The maximum Gasteiger partial charge on any atom is 0.339 e. The Hall–Kier alpha value is -3.19. The van der Waals surface area contributed by atoms with Crippen molar-refractivity contribution in [2.45, 2.75) is 57.7 Å². The van der Waals surface area contributed by atoms with Crippen molar-refractivity contribution in [1.29, 1.82) is 0 Å². The van der Waals surface area contributed by atoms with E-state index in [1.807, 2.05) is 42.6 Å². The van der Waals surface area contributed by atoms with Gasteiger partial charge in [-0.05, 0) is 74.8 Å². The van der Waals surface area contributed by atoms with Gasteiger partial charge in [-0.3, -0.25) is 4.98 Å². The van der Waals surface area contributed by atoms with Crippen LogP contribution in [0.3, 0.4) is 0 Å². The average molecular weight is 475 g/mol. The maximum atomic E-state index is 12.5. The molecular weight excluding hydrogens is 444 g/mol. The zero-order valence-corrected chi connectivity index (χ0v) is 20.6. The molecule has 1 saturated heterocycles. The minimum Gasteiger partial charge on any atom is -0.465 e. The van der Waals surface area contributed by atoms with E-state index in [1.165, 1.54) is 25.5 Å². The monoisotopic (exact) mass is 474 g/mol. The number of thiocarbonyl (C=S) groups is 1. The second-order valence-corrected chi connectivity index (χ2v) is 9.53. The summed E-state index contributed by atoms with van der Waals surface area (Å²) in [7, 11) is 1.42. The Bertz CT molecular complexity index is 1220. The van der Waals surface area contributed by atoms with Gasteiger partial charge in [0.15, 0.2) is 5.11 Å². The molecule has 176 valence electrons. The standard InChI is InChI=1S/C27H30N4O2S/c1-17-16-21(18(2)30(17)23-14-7-6-12-20(23)26(32)33-3)25-24(22-13-8-9-15-28-22)29-27(34)31(25)19-10-4-5-11-19/h6-9,12-16,19,24-25H,4-5,10-11H2,1-3H3,(H,29,34). The fourth-order valence-electron chi connectivity index (χ4n) is 5.68. The molecule has 7 heteroatoms.